The number of nitrogens with zero attached hydrogens (tertiary/aromatic N) is 1. The molecule has 0 aromatic carbocycles. The van der Waals surface area contributed by atoms with Crippen molar-refractivity contribution in [1.82, 2.24) is 10.2 Å². The Morgan fingerprint density at radius 2 is 2.12 bits per heavy atom. The Kier molecular flexibility index (Phi) is 4.89. The molecular weight excluding hydrogens is 222 g/mol. The Balaban J connectivity index is 2.77. The van der Waals surface area contributed by atoms with Gasteiger partial charge in [0.25, 0.3) is 0 Å². The Bertz CT molecular complexity index is 294. The first-order valence-corrected chi connectivity index (χ1v) is 5.84. The van der Waals surface area contributed by atoms with Crippen molar-refractivity contribution in [2.24, 2.45) is 11.7 Å². The average molecular weight is 243 g/mol. The number of hydrogen-bond donors (Lipinski definition) is 2. The zero-order valence-corrected chi connectivity index (χ0v) is 10.6. The second kappa shape index (κ2) is 5.97. The summed E-state index contributed by atoms with van der Waals surface area (Å²) in [5.41, 5.74) is 5.72. The molecule has 1 fully saturated rings. The minimum absolute atomic E-state index is 0.0862. The van der Waals surface area contributed by atoms with Gasteiger partial charge < -0.3 is 20.7 Å². The molecule has 6 nitrogen and oxygen atoms in total. The molecule has 3 atom stereocenters. The number of amides is 2. The van der Waals surface area contributed by atoms with Crippen molar-refractivity contribution in [3.63, 3.8) is 0 Å². The van der Waals surface area contributed by atoms with Gasteiger partial charge in [-0.3, -0.25) is 9.59 Å². The monoisotopic (exact) mass is 243 g/mol. The third kappa shape index (κ3) is 3.17. The van der Waals surface area contributed by atoms with Crippen LogP contribution in [0.5, 0.6) is 0 Å². The molecule has 0 aromatic heterocycles. The predicted molar refractivity (Wildman–Crippen MR) is 63.2 cm³/mol. The van der Waals surface area contributed by atoms with Gasteiger partial charge in [-0.1, -0.05) is 6.92 Å². The van der Waals surface area contributed by atoms with Gasteiger partial charge in [-0.2, -0.15) is 0 Å². The van der Waals surface area contributed by atoms with Gasteiger partial charge in [-0.25, -0.2) is 0 Å². The minimum Gasteiger partial charge on any atom is -0.377 e. The Labute approximate surface area is 101 Å². The molecule has 0 aliphatic carbocycles. The van der Waals surface area contributed by atoms with E-state index in [-0.39, 0.29) is 30.4 Å². The number of carbonyl (C=O) groups is 2. The lowest BCUT2D eigenvalue weighted by Crippen LogP contribution is -2.57. The summed E-state index contributed by atoms with van der Waals surface area (Å²) in [5.74, 6) is -0.577. The fourth-order valence-corrected chi connectivity index (χ4v) is 1.74. The molecule has 3 N–H and O–H groups in total. The molecule has 0 radical (unpaired) electrons. The predicted octanol–water partition coefficient (Wildman–Crippen LogP) is -1.06. The van der Waals surface area contributed by atoms with Gasteiger partial charge in [-0.05, 0) is 6.92 Å². The van der Waals surface area contributed by atoms with Crippen LogP contribution in [0.2, 0.25) is 0 Å². The van der Waals surface area contributed by atoms with Crippen molar-refractivity contribution in [2.45, 2.75) is 25.9 Å². The second-order valence-electron chi connectivity index (χ2n) is 4.38. The van der Waals surface area contributed by atoms with Crippen LogP contribution in [0.4, 0.5) is 0 Å². The zero-order chi connectivity index (χ0) is 13.0. The summed E-state index contributed by atoms with van der Waals surface area (Å²) in [6, 6.07) is -0.766. The molecule has 1 aliphatic heterocycles. The first kappa shape index (κ1) is 13.9. The van der Waals surface area contributed by atoms with Crippen molar-refractivity contribution in [3.8, 4) is 0 Å². The summed E-state index contributed by atoms with van der Waals surface area (Å²) in [6.07, 6.45) is 0. The van der Waals surface area contributed by atoms with Crippen LogP contribution in [0, 0.1) is 5.92 Å². The highest BCUT2D eigenvalue weighted by molar-refractivity contribution is 5.88. The number of carbonyl (C=O) groups excluding carboxylic acids is 2. The normalized spacial score (nSPS) is 24.0. The number of morpholine rings is 1. The molecule has 1 heterocycles. The van der Waals surface area contributed by atoms with Crippen LogP contribution in [0.15, 0.2) is 0 Å². The highest BCUT2D eigenvalue weighted by atomic mass is 16.5. The molecule has 3 unspecified atom stereocenters. The smallest absolute Gasteiger partial charge is 0.244 e. The van der Waals surface area contributed by atoms with Crippen molar-refractivity contribution in [1.29, 1.82) is 0 Å². The first-order chi connectivity index (χ1) is 7.99. The van der Waals surface area contributed by atoms with Crippen LogP contribution in [-0.4, -0.2) is 55.6 Å². The van der Waals surface area contributed by atoms with E-state index < -0.39 is 6.04 Å². The SMILES string of the molecule is CNC(=O)C1COCCN1C(=O)C(C)C(C)N. The molecule has 1 aliphatic rings. The number of likely N-dealkylation sites (N-methyl/N-ethyl adjacent to an activating group) is 1. The van der Waals surface area contributed by atoms with E-state index >= 15 is 0 Å². The average Bonchev–Trinajstić information content (AvgIpc) is 2.35. The van der Waals surface area contributed by atoms with Crippen molar-refractivity contribution < 1.29 is 14.3 Å². The van der Waals surface area contributed by atoms with Gasteiger partial charge in [0.2, 0.25) is 11.8 Å². The fourth-order valence-electron chi connectivity index (χ4n) is 1.74. The van der Waals surface area contributed by atoms with Gasteiger partial charge in [0.05, 0.1) is 19.1 Å². The molecule has 17 heavy (non-hydrogen) atoms. The van der Waals surface area contributed by atoms with Gasteiger partial charge >= 0.3 is 0 Å². The number of hydrogen-bond acceptors (Lipinski definition) is 4. The highest BCUT2D eigenvalue weighted by Gasteiger charge is 2.35. The highest BCUT2D eigenvalue weighted by Crippen LogP contribution is 2.13. The summed E-state index contributed by atoms with van der Waals surface area (Å²) in [7, 11) is 1.55. The van der Waals surface area contributed by atoms with E-state index in [9.17, 15) is 9.59 Å². The van der Waals surface area contributed by atoms with E-state index in [1.54, 1.807) is 25.8 Å². The van der Waals surface area contributed by atoms with Gasteiger partial charge in [-0.15, -0.1) is 0 Å². The van der Waals surface area contributed by atoms with Gasteiger partial charge in [0.15, 0.2) is 0 Å². The van der Waals surface area contributed by atoms with E-state index in [1.165, 1.54) is 0 Å². The van der Waals surface area contributed by atoms with E-state index in [2.05, 4.69) is 5.32 Å². The number of nitrogens with one attached hydrogen (secondary N) is 1. The molecule has 0 aromatic rings. The van der Waals surface area contributed by atoms with Crippen LogP contribution < -0.4 is 11.1 Å². The van der Waals surface area contributed by atoms with Crippen molar-refractivity contribution >= 4 is 11.8 Å². The summed E-state index contributed by atoms with van der Waals surface area (Å²) >= 11 is 0. The molecule has 0 spiro atoms. The lowest BCUT2D eigenvalue weighted by Gasteiger charge is -2.36. The minimum atomic E-state index is -0.539. The van der Waals surface area contributed by atoms with Crippen LogP contribution in [-0.2, 0) is 14.3 Å². The largest absolute Gasteiger partial charge is 0.377 e. The number of nitrogens with two attached hydrogens (primary N) is 1. The van der Waals surface area contributed by atoms with Crippen LogP contribution in [0.25, 0.3) is 0 Å². The van der Waals surface area contributed by atoms with E-state index in [0.717, 1.165) is 0 Å². The number of rotatable bonds is 3. The maximum Gasteiger partial charge on any atom is 0.244 e. The third-order valence-corrected chi connectivity index (χ3v) is 3.14. The lowest BCUT2D eigenvalue weighted by atomic mass is 10.0. The topological polar surface area (TPSA) is 84.7 Å². The van der Waals surface area contributed by atoms with Crippen molar-refractivity contribution in [3.05, 3.63) is 0 Å². The van der Waals surface area contributed by atoms with Gasteiger partial charge in [0, 0.05) is 19.6 Å². The first-order valence-electron chi connectivity index (χ1n) is 5.84. The summed E-state index contributed by atoms with van der Waals surface area (Å²) in [6.45, 7) is 4.72. The quantitative estimate of drug-likeness (QED) is 0.662. The molecule has 1 rings (SSSR count). The Morgan fingerprint density at radius 1 is 1.47 bits per heavy atom. The maximum atomic E-state index is 12.2. The standard InChI is InChI=1S/C11H21N3O3/c1-7(8(2)12)11(16)14-4-5-17-6-9(14)10(15)13-3/h7-9H,4-6,12H2,1-3H3,(H,13,15). The molecule has 1 saturated heterocycles. The molecule has 0 saturated carbocycles. The molecule has 2 amide bonds. The number of ether oxygens (including phenoxy) is 1. The van der Waals surface area contributed by atoms with E-state index in [0.29, 0.717) is 13.2 Å². The molecule has 98 valence electrons. The van der Waals surface area contributed by atoms with Crippen LogP contribution in [0.3, 0.4) is 0 Å². The Hall–Kier alpha value is -1.14. The van der Waals surface area contributed by atoms with Gasteiger partial charge in [0.1, 0.15) is 6.04 Å². The van der Waals surface area contributed by atoms with E-state index in [4.69, 9.17) is 10.5 Å². The summed E-state index contributed by atoms with van der Waals surface area (Å²) in [4.78, 5) is 25.4. The van der Waals surface area contributed by atoms with Crippen LogP contribution >= 0.6 is 0 Å². The molecular formula is C11H21N3O3. The van der Waals surface area contributed by atoms with Crippen LogP contribution in [0.1, 0.15) is 13.8 Å². The lowest BCUT2D eigenvalue weighted by molar-refractivity contribution is -0.151. The Morgan fingerprint density at radius 3 is 2.65 bits per heavy atom. The third-order valence-electron chi connectivity index (χ3n) is 3.14. The fraction of sp³-hybridized carbons (Fsp3) is 0.818. The maximum absolute atomic E-state index is 12.2. The zero-order valence-electron chi connectivity index (χ0n) is 10.6. The second-order valence-corrected chi connectivity index (χ2v) is 4.38. The summed E-state index contributed by atoms with van der Waals surface area (Å²) in [5, 5.41) is 2.54. The summed E-state index contributed by atoms with van der Waals surface area (Å²) < 4.78 is 5.24. The van der Waals surface area contributed by atoms with E-state index in [1.807, 2.05) is 0 Å². The molecule has 0 bridgehead atoms. The van der Waals surface area contributed by atoms with Crippen molar-refractivity contribution in [2.75, 3.05) is 26.8 Å². The molecule has 6 heteroatoms.